The molecule has 1 amide bonds. The first-order valence-electron chi connectivity index (χ1n) is 9.03. The monoisotopic (exact) mass is 404 g/mol. The Hall–Kier alpha value is -1.41. The number of alkyl halides is 3. The van der Waals surface area contributed by atoms with Gasteiger partial charge in [-0.2, -0.15) is 24.9 Å². The van der Waals surface area contributed by atoms with Gasteiger partial charge in [-0.1, -0.05) is 26.0 Å². The number of hydrogen-bond acceptors (Lipinski definition) is 4. The molecule has 0 bridgehead atoms. The van der Waals surface area contributed by atoms with E-state index >= 15 is 0 Å². The second-order valence-electron chi connectivity index (χ2n) is 7.16. The largest absolute Gasteiger partial charge is 0.497 e. The Morgan fingerprint density at radius 3 is 2.56 bits per heavy atom. The van der Waals surface area contributed by atoms with Crippen molar-refractivity contribution in [2.24, 2.45) is 5.92 Å². The van der Waals surface area contributed by atoms with Crippen molar-refractivity contribution in [3.05, 3.63) is 29.8 Å². The lowest BCUT2D eigenvalue weighted by molar-refractivity contribution is -0.145. The van der Waals surface area contributed by atoms with E-state index in [1.165, 1.54) is 5.56 Å². The van der Waals surface area contributed by atoms with Crippen molar-refractivity contribution in [1.82, 2.24) is 10.6 Å². The molecule has 0 aromatic heterocycles. The molecular formula is C19H27F3N2O2S. The first kappa shape index (κ1) is 21.9. The summed E-state index contributed by atoms with van der Waals surface area (Å²) >= 11 is 1.74. The van der Waals surface area contributed by atoms with Crippen molar-refractivity contribution in [2.75, 3.05) is 13.7 Å². The van der Waals surface area contributed by atoms with Gasteiger partial charge in [0, 0.05) is 23.6 Å². The second kappa shape index (κ2) is 9.68. The summed E-state index contributed by atoms with van der Waals surface area (Å²) in [5.74, 6) is 0.997. The van der Waals surface area contributed by atoms with E-state index in [0.29, 0.717) is 13.0 Å². The van der Waals surface area contributed by atoms with E-state index in [0.717, 1.165) is 11.5 Å². The molecule has 0 radical (unpaired) electrons. The molecule has 0 spiro atoms. The summed E-state index contributed by atoms with van der Waals surface area (Å²) in [4.78, 5) is 12.4. The number of amides is 1. The Labute approximate surface area is 162 Å². The number of ether oxygens (including phenoxy) is 1. The van der Waals surface area contributed by atoms with Crippen LogP contribution in [0.3, 0.4) is 0 Å². The average Bonchev–Trinajstić information content (AvgIpc) is 3.07. The summed E-state index contributed by atoms with van der Waals surface area (Å²) in [6.45, 7) is 4.04. The minimum Gasteiger partial charge on any atom is -0.497 e. The molecule has 152 valence electrons. The van der Waals surface area contributed by atoms with Crippen molar-refractivity contribution in [3.63, 3.8) is 0 Å². The summed E-state index contributed by atoms with van der Waals surface area (Å²) in [7, 11) is 1.62. The Morgan fingerprint density at radius 1 is 1.33 bits per heavy atom. The minimum atomic E-state index is -4.29. The Bertz CT molecular complexity index is 608. The van der Waals surface area contributed by atoms with E-state index in [9.17, 15) is 18.0 Å². The number of hydrogen-bond donors (Lipinski definition) is 2. The Kier molecular flexibility index (Phi) is 7.85. The highest BCUT2D eigenvalue weighted by Crippen LogP contribution is 2.27. The van der Waals surface area contributed by atoms with Crippen LogP contribution >= 0.6 is 11.8 Å². The molecule has 4 nitrogen and oxygen atoms in total. The van der Waals surface area contributed by atoms with Gasteiger partial charge >= 0.3 is 6.18 Å². The molecule has 1 fully saturated rings. The van der Waals surface area contributed by atoms with Crippen LogP contribution in [0.1, 0.15) is 32.3 Å². The summed E-state index contributed by atoms with van der Waals surface area (Å²) in [5, 5.41) is 5.96. The maximum absolute atomic E-state index is 12.7. The number of nitrogens with one attached hydrogen (secondary N) is 2. The predicted octanol–water partition coefficient (Wildman–Crippen LogP) is 3.75. The summed E-state index contributed by atoms with van der Waals surface area (Å²) < 4.78 is 43.2. The maximum atomic E-state index is 12.7. The third-order valence-electron chi connectivity index (χ3n) is 4.64. The molecule has 2 N–H and O–H groups in total. The van der Waals surface area contributed by atoms with Crippen LogP contribution in [0.15, 0.2) is 24.3 Å². The molecule has 0 saturated carbocycles. The molecule has 8 heteroatoms. The molecular weight excluding hydrogens is 377 g/mol. The normalized spacial score (nSPS) is 21.3. The third kappa shape index (κ3) is 7.25. The first-order valence-corrected chi connectivity index (χ1v) is 10.1. The van der Waals surface area contributed by atoms with E-state index < -0.39 is 24.7 Å². The average molecular weight is 404 g/mol. The number of carbonyl (C=O) groups excluding carboxylic acids is 1. The standard InChI is InChI=1S/C19H27F3N2O2S/c1-12(2)17(9-19(20,21)22)24-18(25)16-8-15(10-23-16)27-11-13-4-6-14(26-3)7-5-13/h4-7,12,15-17,23H,8-11H2,1-3H3,(H,24,25)/t15-,16?,17-/m1/s1. The highest BCUT2D eigenvalue weighted by Gasteiger charge is 2.36. The quantitative estimate of drug-likeness (QED) is 0.693. The topological polar surface area (TPSA) is 50.4 Å². The van der Waals surface area contributed by atoms with Crippen LogP contribution in [0, 0.1) is 5.92 Å². The third-order valence-corrected chi connectivity index (χ3v) is 5.97. The lowest BCUT2D eigenvalue weighted by Crippen LogP contribution is -2.48. The van der Waals surface area contributed by atoms with Gasteiger partial charge in [0.25, 0.3) is 0 Å². The molecule has 1 heterocycles. The molecule has 1 aliphatic heterocycles. The van der Waals surface area contributed by atoms with Crippen LogP contribution in [0.5, 0.6) is 5.75 Å². The van der Waals surface area contributed by atoms with Gasteiger partial charge < -0.3 is 15.4 Å². The lowest BCUT2D eigenvalue weighted by atomic mass is 10.00. The summed E-state index contributed by atoms with van der Waals surface area (Å²) in [6, 6.07) is 6.49. The van der Waals surface area contributed by atoms with Gasteiger partial charge in [-0.15, -0.1) is 0 Å². The molecule has 2 rings (SSSR count). The molecule has 27 heavy (non-hydrogen) atoms. The number of thioether (sulfide) groups is 1. The van der Waals surface area contributed by atoms with Crippen LogP contribution in [0.2, 0.25) is 0 Å². The van der Waals surface area contributed by atoms with Gasteiger partial charge in [-0.25, -0.2) is 0 Å². The molecule has 0 aliphatic carbocycles. The van der Waals surface area contributed by atoms with E-state index in [2.05, 4.69) is 10.6 Å². The van der Waals surface area contributed by atoms with Crippen molar-refractivity contribution >= 4 is 17.7 Å². The van der Waals surface area contributed by atoms with Crippen LogP contribution in [-0.4, -0.2) is 43.1 Å². The van der Waals surface area contributed by atoms with Crippen molar-refractivity contribution in [3.8, 4) is 5.75 Å². The van der Waals surface area contributed by atoms with Gasteiger partial charge in [0.15, 0.2) is 0 Å². The van der Waals surface area contributed by atoms with Gasteiger partial charge in [0.2, 0.25) is 5.91 Å². The summed E-state index contributed by atoms with van der Waals surface area (Å²) in [6.07, 6.45) is -4.68. The Morgan fingerprint density at radius 2 is 2.00 bits per heavy atom. The molecule has 1 saturated heterocycles. The maximum Gasteiger partial charge on any atom is 0.391 e. The lowest BCUT2D eigenvalue weighted by Gasteiger charge is -2.25. The Balaban J connectivity index is 1.80. The smallest absolute Gasteiger partial charge is 0.391 e. The SMILES string of the molecule is COc1ccc(CS[C@H]2CNC(C(=O)N[C@H](CC(F)(F)F)C(C)C)C2)cc1. The zero-order valence-electron chi connectivity index (χ0n) is 15.8. The number of halogens is 3. The number of methoxy groups -OCH3 is 1. The van der Waals surface area contributed by atoms with Gasteiger partial charge in [0.05, 0.1) is 19.6 Å². The zero-order valence-corrected chi connectivity index (χ0v) is 16.6. The highest BCUT2D eigenvalue weighted by atomic mass is 32.2. The molecule has 1 aliphatic rings. The van der Waals surface area contributed by atoms with E-state index in [4.69, 9.17) is 4.74 Å². The van der Waals surface area contributed by atoms with E-state index in [1.54, 1.807) is 32.7 Å². The van der Waals surface area contributed by atoms with Crippen molar-refractivity contribution in [2.45, 2.75) is 56.0 Å². The van der Waals surface area contributed by atoms with Crippen LogP contribution in [0.25, 0.3) is 0 Å². The second-order valence-corrected chi connectivity index (χ2v) is 8.44. The highest BCUT2D eigenvalue weighted by molar-refractivity contribution is 7.99. The minimum absolute atomic E-state index is 0.253. The molecule has 1 aromatic rings. The molecule has 1 unspecified atom stereocenters. The van der Waals surface area contributed by atoms with Gasteiger partial charge in [-0.05, 0) is 30.0 Å². The predicted molar refractivity (Wildman–Crippen MR) is 102 cm³/mol. The molecule has 3 atom stereocenters. The first-order chi connectivity index (χ1) is 12.7. The van der Waals surface area contributed by atoms with Crippen LogP contribution < -0.4 is 15.4 Å². The summed E-state index contributed by atoms with van der Waals surface area (Å²) in [5.41, 5.74) is 1.17. The fraction of sp³-hybridized carbons (Fsp3) is 0.632. The fourth-order valence-electron chi connectivity index (χ4n) is 2.95. The number of carbonyl (C=O) groups is 1. The van der Waals surface area contributed by atoms with Crippen LogP contribution in [0.4, 0.5) is 13.2 Å². The van der Waals surface area contributed by atoms with Gasteiger partial charge in [-0.3, -0.25) is 4.79 Å². The van der Waals surface area contributed by atoms with Crippen LogP contribution in [-0.2, 0) is 10.5 Å². The number of benzene rings is 1. The van der Waals surface area contributed by atoms with E-state index in [1.807, 2.05) is 24.3 Å². The van der Waals surface area contributed by atoms with Gasteiger partial charge in [0.1, 0.15) is 5.75 Å². The molecule has 1 aromatic carbocycles. The fourth-order valence-corrected chi connectivity index (χ4v) is 4.12. The van der Waals surface area contributed by atoms with Crippen molar-refractivity contribution < 1.29 is 22.7 Å². The zero-order chi connectivity index (χ0) is 20.0. The van der Waals surface area contributed by atoms with Crippen molar-refractivity contribution in [1.29, 1.82) is 0 Å². The number of rotatable bonds is 8. The van der Waals surface area contributed by atoms with E-state index in [-0.39, 0.29) is 17.1 Å².